The second kappa shape index (κ2) is 6.24. The Morgan fingerprint density at radius 3 is 2.58 bits per heavy atom. The first-order chi connectivity index (χ1) is 9.11. The molecule has 0 atom stereocenters. The average Bonchev–Trinajstić information content (AvgIpc) is 2.41. The third kappa shape index (κ3) is 3.38. The molecule has 106 valence electrons. The Morgan fingerprint density at radius 2 is 2.00 bits per heavy atom. The molecule has 19 heavy (non-hydrogen) atoms. The molecule has 0 saturated heterocycles. The maximum absolute atomic E-state index is 13.8. The molecule has 0 aromatic heterocycles. The quantitative estimate of drug-likeness (QED) is 0.910. The lowest BCUT2D eigenvalue weighted by Gasteiger charge is -2.34. The molecule has 1 saturated carbocycles. The molecule has 0 unspecified atom stereocenters. The lowest BCUT2D eigenvalue weighted by Crippen LogP contribution is -2.36. The van der Waals surface area contributed by atoms with Crippen LogP contribution in [0.1, 0.15) is 32.6 Å². The van der Waals surface area contributed by atoms with E-state index in [4.69, 9.17) is 4.74 Å². The fourth-order valence-electron chi connectivity index (χ4n) is 2.64. The predicted octanol–water partition coefficient (Wildman–Crippen LogP) is 2.96. The Morgan fingerprint density at radius 1 is 1.32 bits per heavy atom. The molecule has 0 bridgehead atoms. The summed E-state index contributed by atoms with van der Waals surface area (Å²) in [5.74, 6) is -0.0132. The van der Waals surface area contributed by atoms with Gasteiger partial charge in [-0.1, -0.05) is 0 Å². The van der Waals surface area contributed by atoms with Gasteiger partial charge in [-0.05, 0) is 44.7 Å². The highest BCUT2D eigenvalue weighted by Crippen LogP contribution is 2.29. The molecule has 1 aromatic rings. The topological polar surface area (TPSA) is 32.7 Å². The van der Waals surface area contributed by atoms with Crippen LogP contribution < -0.4 is 9.64 Å². The van der Waals surface area contributed by atoms with Gasteiger partial charge in [0.1, 0.15) is 0 Å². The third-order valence-electron chi connectivity index (χ3n) is 3.84. The summed E-state index contributed by atoms with van der Waals surface area (Å²) in [4.78, 5) is 2.10. The van der Waals surface area contributed by atoms with E-state index in [2.05, 4.69) is 4.90 Å². The normalized spacial score (nSPS) is 23.2. The van der Waals surface area contributed by atoms with E-state index in [0.717, 1.165) is 31.4 Å². The van der Waals surface area contributed by atoms with E-state index < -0.39 is 0 Å². The van der Waals surface area contributed by atoms with Gasteiger partial charge in [-0.2, -0.15) is 0 Å². The van der Waals surface area contributed by atoms with Gasteiger partial charge < -0.3 is 14.7 Å². The van der Waals surface area contributed by atoms with Crippen LogP contribution in [0.15, 0.2) is 18.2 Å². The molecule has 0 heterocycles. The number of anilines is 1. The van der Waals surface area contributed by atoms with Gasteiger partial charge in [-0.15, -0.1) is 0 Å². The van der Waals surface area contributed by atoms with Crippen LogP contribution in [0.5, 0.6) is 5.75 Å². The first-order valence-corrected chi connectivity index (χ1v) is 6.95. The van der Waals surface area contributed by atoms with Crippen molar-refractivity contribution < 1.29 is 14.2 Å². The van der Waals surface area contributed by atoms with Crippen molar-refractivity contribution in [3.63, 3.8) is 0 Å². The van der Waals surface area contributed by atoms with Crippen molar-refractivity contribution >= 4 is 5.69 Å². The molecule has 0 spiro atoms. The molecule has 1 fully saturated rings. The Balaban J connectivity index is 2.06. The van der Waals surface area contributed by atoms with Gasteiger partial charge in [0, 0.05) is 24.8 Å². The second-order valence-corrected chi connectivity index (χ2v) is 5.12. The minimum absolute atomic E-state index is 0.165. The van der Waals surface area contributed by atoms with Crippen LogP contribution in [-0.4, -0.2) is 30.9 Å². The van der Waals surface area contributed by atoms with Crippen LogP contribution in [0.2, 0.25) is 0 Å². The first-order valence-electron chi connectivity index (χ1n) is 6.95. The number of aliphatic hydroxyl groups excluding tert-OH is 1. The summed E-state index contributed by atoms with van der Waals surface area (Å²) in [5.41, 5.74) is 0.863. The van der Waals surface area contributed by atoms with E-state index >= 15 is 0 Å². The number of halogens is 1. The van der Waals surface area contributed by atoms with Crippen LogP contribution in [-0.2, 0) is 0 Å². The van der Waals surface area contributed by atoms with Crippen LogP contribution in [0, 0.1) is 5.82 Å². The molecular weight excluding hydrogens is 245 g/mol. The number of hydrogen-bond donors (Lipinski definition) is 1. The van der Waals surface area contributed by atoms with Gasteiger partial charge in [0.15, 0.2) is 11.6 Å². The zero-order valence-electron chi connectivity index (χ0n) is 11.6. The molecule has 0 radical (unpaired) electrons. The summed E-state index contributed by atoms with van der Waals surface area (Å²) in [5, 5.41) is 9.52. The summed E-state index contributed by atoms with van der Waals surface area (Å²) in [7, 11) is 1.98. The summed E-state index contributed by atoms with van der Waals surface area (Å²) < 4.78 is 19.0. The van der Waals surface area contributed by atoms with Crippen LogP contribution in [0.25, 0.3) is 0 Å². The molecule has 4 heteroatoms. The van der Waals surface area contributed by atoms with Crippen LogP contribution in [0.4, 0.5) is 10.1 Å². The number of ether oxygens (including phenoxy) is 1. The first kappa shape index (κ1) is 14.1. The van der Waals surface area contributed by atoms with Crippen molar-refractivity contribution in [3.05, 3.63) is 24.0 Å². The molecule has 2 rings (SSSR count). The van der Waals surface area contributed by atoms with Crippen molar-refractivity contribution in [1.29, 1.82) is 0 Å². The number of hydrogen-bond acceptors (Lipinski definition) is 3. The minimum Gasteiger partial charge on any atom is -0.491 e. The predicted molar refractivity (Wildman–Crippen MR) is 74.2 cm³/mol. The summed E-state index contributed by atoms with van der Waals surface area (Å²) >= 11 is 0. The Kier molecular flexibility index (Phi) is 4.64. The van der Waals surface area contributed by atoms with Gasteiger partial charge in [0.05, 0.1) is 12.7 Å². The number of aliphatic hydroxyl groups is 1. The molecule has 0 amide bonds. The highest BCUT2D eigenvalue weighted by molar-refractivity contribution is 5.50. The van der Waals surface area contributed by atoms with E-state index in [1.54, 1.807) is 6.07 Å². The fraction of sp³-hybridized carbons (Fsp3) is 0.600. The second-order valence-electron chi connectivity index (χ2n) is 5.12. The van der Waals surface area contributed by atoms with Gasteiger partial charge in [0.25, 0.3) is 0 Å². The smallest absolute Gasteiger partial charge is 0.167 e. The average molecular weight is 267 g/mol. The van der Waals surface area contributed by atoms with Crippen molar-refractivity contribution in [1.82, 2.24) is 0 Å². The molecule has 1 N–H and O–H groups in total. The molecule has 1 aliphatic rings. The summed E-state index contributed by atoms with van der Waals surface area (Å²) in [6.07, 6.45) is 3.39. The lowest BCUT2D eigenvalue weighted by atomic mass is 9.92. The molecule has 1 aliphatic carbocycles. The minimum atomic E-state index is -0.318. The van der Waals surface area contributed by atoms with Gasteiger partial charge in [0.2, 0.25) is 0 Å². The van der Waals surface area contributed by atoms with Gasteiger partial charge in [-0.25, -0.2) is 4.39 Å². The lowest BCUT2D eigenvalue weighted by molar-refractivity contribution is 0.122. The van der Waals surface area contributed by atoms with Gasteiger partial charge >= 0.3 is 0 Å². The van der Waals surface area contributed by atoms with Crippen LogP contribution >= 0.6 is 0 Å². The monoisotopic (exact) mass is 267 g/mol. The van der Waals surface area contributed by atoms with Crippen molar-refractivity contribution in [2.45, 2.75) is 44.8 Å². The van der Waals surface area contributed by atoms with E-state index in [9.17, 15) is 9.50 Å². The fourth-order valence-corrected chi connectivity index (χ4v) is 2.64. The number of rotatable bonds is 4. The Bertz CT molecular complexity index is 417. The van der Waals surface area contributed by atoms with E-state index in [1.165, 1.54) is 6.07 Å². The standard InChI is InChI=1S/C15H22FNO2/c1-3-19-15-9-6-12(10-14(15)16)17(2)11-4-7-13(18)8-5-11/h6,9-11,13,18H,3-5,7-8H2,1-2H3. The van der Waals surface area contributed by atoms with Crippen molar-refractivity contribution in [2.24, 2.45) is 0 Å². The van der Waals surface area contributed by atoms with E-state index in [0.29, 0.717) is 18.4 Å². The zero-order chi connectivity index (χ0) is 13.8. The largest absolute Gasteiger partial charge is 0.491 e. The highest BCUT2D eigenvalue weighted by Gasteiger charge is 2.23. The Hall–Kier alpha value is -1.29. The molecule has 0 aliphatic heterocycles. The maximum atomic E-state index is 13.8. The highest BCUT2D eigenvalue weighted by atomic mass is 19.1. The van der Waals surface area contributed by atoms with Crippen LogP contribution in [0.3, 0.4) is 0 Å². The zero-order valence-corrected chi connectivity index (χ0v) is 11.6. The van der Waals surface area contributed by atoms with Crippen molar-refractivity contribution in [3.8, 4) is 5.75 Å². The third-order valence-corrected chi connectivity index (χ3v) is 3.84. The van der Waals surface area contributed by atoms with Crippen molar-refractivity contribution in [2.75, 3.05) is 18.6 Å². The maximum Gasteiger partial charge on any atom is 0.167 e. The SMILES string of the molecule is CCOc1ccc(N(C)C2CCC(O)CC2)cc1F. The molecule has 3 nitrogen and oxygen atoms in total. The molecular formula is C15H22FNO2. The Labute approximate surface area is 114 Å². The number of benzene rings is 1. The summed E-state index contributed by atoms with van der Waals surface area (Å²) in [6.45, 7) is 2.30. The number of nitrogens with zero attached hydrogens (tertiary/aromatic N) is 1. The van der Waals surface area contributed by atoms with E-state index in [1.807, 2.05) is 20.0 Å². The van der Waals surface area contributed by atoms with E-state index in [-0.39, 0.29) is 11.9 Å². The van der Waals surface area contributed by atoms with Gasteiger partial charge in [-0.3, -0.25) is 0 Å². The molecule has 1 aromatic carbocycles. The summed E-state index contributed by atoms with van der Waals surface area (Å²) in [6, 6.07) is 5.47.